The molecule has 0 saturated carbocycles. The van der Waals surface area contributed by atoms with Crippen LogP contribution in [0.5, 0.6) is 0 Å². The molecule has 0 radical (unpaired) electrons. The van der Waals surface area contributed by atoms with Crippen LogP contribution in [-0.4, -0.2) is 56.6 Å². The first-order valence-corrected chi connectivity index (χ1v) is 5.77. The minimum absolute atomic E-state index is 0. The van der Waals surface area contributed by atoms with E-state index < -0.39 is 17.9 Å². The lowest BCUT2D eigenvalue weighted by molar-refractivity contribution is -0.870. The molecule has 0 rings (SSSR count). The first kappa shape index (κ1) is 19.5. The van der Waals surface area contributed by atoms with Crippen molar-refractivity contribution in [2.45, 2.75) is 25.3 Å². The molecule has 1 atom stereocenters. The lowest BCUT2D eigenvalue weighted by Crippen LogP contribution is -2.49. The summed E-state index contributed by atoms with van der Waals surface area (Å²) in [6.45, 7) is 0.757. The van der Waals surface area contributed by atoms with Gasteiger partial charge in [-0.1, -0.05) is 0 Å². The monoisotopic (exact) mass is 281 g/mol. The van der Waals surface area contributed by atoms with Crippen molar-refractivity contribution in [3.8, 4) is 0 Å². The molecule has 108 valence electrons. The zero-order valence-electron chi connectivity index (χ0n) is 11.3. The Hall–Kier alpha value is -0.850. The average Bonchev–Trinajstić information content (AvgIpc) is 2.20. The molecule has 0 unspecified atom stereocenters. The number of hydrogen-bond donors (Lipinski definition) is 2. The molecule has 0 fully saturated rings. The van der Waals surface area contributed by atoms with Gasteiger partial charge in [-0.3, -0.25) is 4.79 Å². The van der Waals surface area contributed by atoms with Gasteiger partial charge >= 0.3 is 0 Å². The van der Waals surface area contributed by atoms with Crippen LogP contribution < -0.4 is 16.2 Å². The summed E-state index contributed by atoms with van der Waals surface area (Å²) in [6, 6.07) is -0.932. The number of nitrogens with zero attached hydrogens (tertiary/aromatic N) is 1. The molecule has 0 aliphatic heterocycles. The molecule has 0 aliphatic rings. The smallest absolute Gasteiger partial charge is 0.234 e. The Bertz CT molecular complexity index is 267. The van der Waals surface area contributed by atoms with Crippen LogP contribution in [0.2, 0.25) is 0 Å². The normalized spacial score (nSPS) is 12.4. The summed E-state index contributed by atoms with van der Waals surface area (Å²) in [5.74, 6) is -1.72. The van der Waals surface area contributed by atoms with Crippen LogP contribution >= 0.6 is 12.4 Å². The van der Waals surface area contributed by atoms with Crippen LogP contribution in [0, 0.1) is 0 Å². The van der Waals surface area contributed by atoms with Gasteiger partial charge < -0.3 is 25.4 Å². The summed E-state index contributed by atoms with van der Waals surface area (Å²) in [6.07, 6.45) is 2.03. The molecule has 0 bridgehead atoms. The van der Waals surface area contributed by atoms with Crippen LogP contribution in [0.1, 0.15) is 19.3 Å². The van der Waals surface area contributed by atoms with Gasteiger partial charge in [0.1, 0.15) is 0 Å². The number of halogens is 1. The van der Waals surface area contributed by atoms with Gasteiger partial charge in [0.05, 0.1) is 46.2 Å². The van der Waals surface area contributed by atoms with E-state index >= 15 is 0 Å². The fourth-order valence-electron chi connectivity index (χ4n) is 1.44. The van der Waals surface area contributed by atoms with Gasteiger partial charge in [0.25, 0.3) is 0 Å². The molecule has 3 N–H and O–H groups in total. The number of carbonyl (C=O) groups is 2. The molecule has 0 aliphatic carbocycles. The Morgan fingerprint density at radius 1 is 1.28 bits per heavy atom. The zero-order valence-corrected chi connectivity index (χ0v) is 12.1. The van der Waals surface area contributed by atoms with Gasteiger partial charge in [0, 0.05) is 0 Å². The van der Waals surface area contributed by atoms with Crippen molar-refractivity contribution in [3.05, 3.63) is 0 Å². The second kappa shape index (κ2) is 9.13. The van der Waals surface area contributed by atoms with Crippen molar-refractivity contribution in [1.29, 1.82) is 0 Å². The summed E-state index contributed by atoms with van der Waals surface area (Å²) in [5.41, 5.74) is 5.10. The summed E-state index contributed by atoms with van der Waals surface area (Å²) in [7, 11) is 6.23. The lowest BCUT2D eigenvalue weighted by atomic mass is 10.1. The summed E-state index contributed by atoms with van der Waals surface area (Å²) < 4.78 is 0.838. The van der Waals surface area contributed by atoms with Crippen molar-refractivity contribution in [1.82, 2.24) is 5.32 Å². The minimum atomic E-state index is -1.25. The number of carbonyl (C=O) groups excluding carboxylic acids is 2. The van der Waals surface area contributed by atoms with Crippen molar-refractivity contribution in [3.63, 3.8) is 0 Å². The molecule has 1 amide bonds. The summed E-state index contributed by atoms with van der Waals surface area (Å²) >= 11 is 0. The fraction of sp³-hybridized carbons (Fsp3) is 0.818. The number of aliphatic carboxylic acids is 1. The van der Waals surface area contributed by atoms with Crippen LogP contribution in [0.4, 0.5) is 0 Å². The van der Waals surface area contributed by atoms with Gasteiger partial charge in [0.15, 0.2) is 0 Å². The van der Waals surface area contributed by atoms with Crippen LogP contribution in [0.3, 0.4) is 0 Å². The molecule has 0 saturated heterocycles. The predicted octanol–water partition coefficient (Wildman–Crippen LogP) is -1.52. The van der Waals surface area contributed by atoms with Gasteiger partial charge in [-0.05, 0) is 19.3 Å². The summed E-state index contributed by atoms with van der Waals surface area (Å²) in [5, 5.41) is 13.1. The maximum absolute atomic E-state index is 11.0. The second-order valence-electron chi connectivity index (χ2n) is 5.15. The molecule has 6 nitrogen and oxygen atoms in total. The Morgan fingerprint density at radius 2 is 1.83 bits per heavy atom. The Morgan fingerprint density at radius 3 is 2.22 bits per heavy atom. The third-order valence-electron chi connectivity index (χ3n) is 2.38. The number of nitrogens with one attached hydrogen (secondary N) is 1. The third kappa shape index (κ3) is 10.3. The topological polar surface area (TPSA) is 95.2 Å². The van der Waals surface area contributed by atoms with E-state index in [1.54, 1.807) is 0 Å². The first-order chi connectivity index (χ1) is 7.76. The number of amides is 1. The number of rotatable bonds is 8. The largest absolute Gasteiger partial charge is 0.548 e. The fourth-order valence-corrected chi connectivity index (χ4v) is 1.44. The Labute approximate surface area is 115 Å². The number of quaternary nitrogens is 1. The van der Waals surface area contributed by atoms with Crippen LogP contribution in [-0.2, 0) is 9.59 Å². The average molecular weight is 282 g/mol. The molecule has 0 aromatic rings. The van der Waals surface area contributed by atoms with E-state index in [1.807, 2.05) is 0 Å². The Kier molecular flexibility index (Phi) is 9.88. The van der Waals surface area contributed by atoms with Gasteiger partial charge in [-0.25, -0.2) is 0 Å². The van der Waals surface area contributed by atoms with Crippen molar-refractivity contribution in [2.24, 2.45) is 5.73 Å². The molecule has 18 heavy (non-hydrogen) atoms. The highest BCUT2D eigenvalue weighted by atomic mass is 35.5. The molecular weight excluding hydrogens is 258 g/mol. The molecular formula is C11H24ClN3O3. The quantitative estimate of drug-likeness (QED) is 0.417. The van der Waals surface area contributed by atoms with Crippen LogP contribution in [0.15, 0.2) is 0 Å². The second-order valence-corrected chi connectivity index (χ2v) is 5.15. The highest BCUT2D eigenvalue weighted by molar-refractivity contribution is 5.85. The number of nitrogens with two attached hydrogens (primary N) is 1. The van der Waals surface area contributed by atoms with E-state index in [2.05, 4.69) is 26.5 Å². The molecule has 7 heteroatoms. The standard InChI is InChI=1S/C11H23N3O3.ClH/c1-14(2,3)7-5-4-6-9(11(16)17)13-10(15)8-12;/h9H,4-8,12H2,1-3H3,(H-,13,15,16,17);1H/t9-;/m0./s1. The SMILES string of the molecule is C[N+](C)(C)CCCC[C@H](NC(=O)CN)C(=O)[O-].Cl. The predicted molar refractivity (Wildman–Crippen MR) is 70.0 cm³/mol. The number of carboxylic acid groups (broad SMARTS) is 1. The first-order valence-electron chi connectivity index (χ1n) is 5.77. The van der Waals surface area contributed by atoms with Crippen molar-refractivity contribution < 1.29 is 19.2 Å². The van der Waals surface area contributed by atoms with Crippen molar-refractivity contribution >= 4 is 24.3 Å². The van der Waals surface area contributed by atoms with E-state index in [4.69, 9.17) is 5.73 Å². The van der Waals surface area contributed by atoms with Crippen molar-refractivity contribution in [2.75, 3.05) is 34.2 Å². The summed E-state index contributed by atoms with van der Waals surface area (Å²) in [4.78, 5) is 21.8. The van der Waals surface area contributed by atoms with Gasteiger partial charge in [-0.15, -0.1) is 12.4 Å². The van der Waals surface area contributed by atoms with E-state index in [0.29, 0.717) is 6.42 Å². The zero-order chi connectivity index (χ0) is 13.5. The van der Waals surface area contributed by atoms with Gasteiger partial charge in [-0.2, -0.15) is 0 Å². The maximum atomic E-state index is 11.0. The molecule has 0 heterocycles. The van der Waals surface area contributed by atoms with Crippen LogP contribution in [0.25, 0.3) is 0 Å². The van der Waals surface area contributed by atoms with E-state index in [0.717, 1.165) is 23.9 Å². The van der Waals surface area contributed by atoms with E-state index in [1.165, 1.54) is 0 Å². The minimum Gasteiger partial charge on any atom is -0.548 e. The molecule has 0 spiro atoms. The highest BCUT2D eigenvalue weighted by Crippen LogP contribution is 2.03. The molecule has 0 aromatic carbocycles. The van der Waals surface area contributed by atoms with E-state index in [9.17, 15) is 14.7 Å². The third-order valence-corrected chi connectivity index (χ3v) is 2.38. The number of hydrogen-bond acceptors (Lipinski definition) is 4. The number of unbranched alkanes of at least 4 members (excludes halogenated alkanes) is 1. The maximum Gasteiger partial charge on any atom is 0.234 e. The number of carboxylic acids is 1. The highest BCUT2D eigenvalue weighted by Gasteiger charge is 2.13. The van der Waals surface area contributed by atoms with Gasteiger partial charge in [0.2, 0.25) is 5.91 Å². The van der Waals surface area contributed by atoms with E-state index in [-0.39, 0.29) is 19.0 Å². The lowest BCUT2D eigenvalue weighted by Gasteiger charge is -2.24. The Balaban J connectivity index is 0. The molecule has 0 aromatic heterocycles.